The molecule has 4 rings (SSSR count). The highest BCUT2D eigenvalue weighted by Gasteiger charge is 2.28. The van der Waals surface area contributed by atoms with Gasteiger partial charge in [-0.1, -0.05) is 0 Å². The zero-order valence-electron chi connectivity index (χ0n) is 15.2. The number of anilines is 1. The number of thiophene rings is 1. The van der Waals surface area contributed by atoms with Crippen molar-refractivity contribution < 1.29 is 4.79 Å². The van der Waals surface area contributed by atoms with E-state index in [1.165, 1.54) is 15.8 Å². The van der Waals surface area contributed by atoms with Gasteiger partial charge in [-0.2, -0.15) is 0 Å². The van der Waals surface area contributed by atoms with E-state index in [0.29, 0.717) is 5.92 Å². The summed E-state index contributed by atoms with van der Waals surface area (Å²) >= 11 is 1.73. The number of hydrogen-bond donors (Lipinski definition) is 2. The lowest BCUT2D eigenvalue weighted by molar-refractivity contribution is -0.125. The van der Waals surface area contributed by atoms with Gasteiger partial charge in [-0.3, -0.25) is 4.79 Å². The van der Waals surface area contributed by atoms with Crippen LogP contribution in [0.15, 0.2) is 6.33 Å². The minimum atomic E-state index is 0. The summed E-state index contributed by atoms with van der Waals surface area (Å²) in [7, 11) is 0. The van der Waals surface area contributed by atoms with E-state index in [2.05, 4.69) is 39.3 Å². The number of halogens is 1. The van der Waals surface area contributed by atoms with Gasteiger partial charge in [0.25, 0.3) is 0 Å². The Labute approximate surface area is 164 Å². The Morgan fingerprint density at radius 2 is 2.04 bits per heavy atom. The molecule has 8 heteroatoms. The number of rotatable bonds is 4. The molecular weight excluding hydrogens is 370 g/mol. The van der Waals surface area contributed by atoms with Crippen molar-refractivity contribution >= 4 is 45.7 Å². The Bertz CT molecular complexity index is 783. The molecule has 26 heavy (non-hydrogen) atoms. The maximum absolute atomic E-state index is 12.4. The molecule has 142 valence electrons. The van der Waals surface area contributed by atoms with E-state index in [9.17, 15) is 4.79 Å². The quantitative estimate of drug-likeness (QED) is 0.831. The van der Waals surface area contributed by atoms with Crippen LogP contribution in [-0.4, -0.2) is 48.6 Å². The first-order valence-corrected chi connectivity index (χ1v) is 9.89. The van der Waals surface area contributed by atoms with Gasteiger partial charge in [0.1, 0.15) is 17.0 Å². The summed E-state index contributed by atoms with van der Waals surface area (Å²) in [5, 5.41) is 7.56. The van der Waals surface area contributed by atoms with Crippen molar-refractivity contribution in [3.8, 4) is 0 Å². The minimum absolute atomic E-state index is 0. The van der Waals surface area contributed by atoms with Crippen LogP contribution in [0.25, 0.3) is 10.2 Å². The molecule has 2 aromatic rings. The van der Waals surface area contributed by atoms with Gasteiger partial charge in [0.05, 0.1) is 5.39 Å². The smallest absolute Gasteiger partial charge is 0.223 e. The molecule has 0 spiro atoms. The number of nitrogens with zero attached hydrogens (tertiary/aromatic N) is 3. The molecule has 0 saturated carbocycles. The molecule has 2 N–H and O–H groups in total. The van der Waals surface area contributed by atoms with Gasteiger partial charge in [0.15, 0.2) is 0 Å². The molecular formula is C18H26ClN5OS. The number of amides is 1. The molecule has 0 aliphatic carbocycles. The zero-order valence-corrected chi connectivity index (χ0v) is 16.9. The van der Waals surface area contributed by atoms with E-state index < -0.39 is 0 Å². The number of nitrogens with one attached hydrogen (secondary N) is 2. The van der Waals surface area contributed by atoms with Crippen LogP contribution in [0.3, 0.4) is 0 Å². The third kappa shape index (κ3) is 3.66. The first-order chi connectivity index (χ1) is 12.1. The fourth-order valence-corrected chi connectivity index (χ4v) is 4.63. The second-order valence-electron chi connectivity index (χ2n) is 7.19. The first kappa shape index (κ1) is 19.3. The third-order valence-electron chi connectivity index (χ3n) is 5.54. The normalized spacial score (nSPS) is 18.5. The summed E-state index contributed by atoms with van der Waals surface area (Å²) in [5.74, 6) is 2.00. The molecule has 6 nitrogen and oxygen atoms in total. The molecule has 2 aliphatic rings. The monoisotopic (exact) mass is 395 g/mol. The highest BCUT2D eigenvalue weighted by atomic mass is 35.5. The van der Waals surface area contributed by atoms with Crippen molar-refractivity contribution in [1.29, 1.82) is 0 Å². The average Bonchev–Trinajstić information content (AvgIpc) is 2.88. The molecule has 0 bridgehead atoms. The standard InChI is InChI=1S/C18H25N5OS.ClH/c1-11-12(2)25-18-15(11)16(21-10-22-18)23-5-3-14(4-6-23)17(24)20-9-13-7-19-8-13;/h10,13-14,19H,3-9H2,1-2H3,(H,20,24);1H. The van der Waals surface area contributed by atoms with Crippen molar-refractivity contribution in [2.45, 2.75) is 26.7 Å². The van der Waals surface area contributed by atoms with Crippen LogP contribution in [-0.2, 0) is 4.79 Å². The summed E-state index contributed by atoms with van der Waals surface area (Å²) in [4.78, 5) is 26.1. The molecule has 4 heterocycles. The van der Waals surface area contributed by atoms with Gasteiger partial charge in [-0.15, -0.1) is 23.7 Å². The van der Waals surface area contributed by atoms with Crippen LogP contribution in [0.1, 0.15) is 23.3 Å². The fraction of sp³-hybridized carbons (Fsp3) is 0.611. The second-order valence-corrected chi connectivity index (χ2v) is 8.39. The van der Waals surface area contributed by atoms with Crippen LogP contribution < -0.4 is 15.5 Å². The number of carbonyl (C=O) groups excluding carboxylic acids is 1. The van der Waals surface area contributed by atoms with E-state index in [4.69, 9.17) is 0 Å². The molecule has 1 amide bonds. The molecule has 0 aromatic carbocycles. The van der Waals surface area contributed by atoms with Crippen LogP contribution >= 0.6 is 23.7 Å². The van der Waals surface area contributed by atoms with Gasteiger partial charge in [0, 0.05) is 49.4 Å². The lowest BCUT2D eigenvalue weighted by Crippen LogP contribution is -2.49. The number of piperidine rings is 1. The number of hydrogen-bond acceptors (Lipinski definition) is 6. The fourth-order valence-electron chi connectivity index (χ4n) is 3.64. The predicted octanol–water partition coefficient (Wildman–Crippen LogP) is 2.28. The summed E-state index contributed by atoms with van der Waals surface area (Å²) < 4.78 is 0. The van der Waals surface area contributed by atoms with Crippen LogP contribution in [0.5, 0.6) is 0 Å². The summed E-state index contributed by atoms with van der Waals surface area (Å²) in [6, 6.07) is 0. The van der Waals surface area contributed by atoms with Crippen LogP contribution in [0.2, 0.25) is 0 Å². The molecule has 0 radical (unpaired) electrons. The van der Waals surface area contributed by atoms with E-state index in [1.54, 1.807) is 17.7 Å². The highest BCUT2D eigenvalue weighted by molar-refractivity contribution is 7.18. The first-order valence-electron chi connectivity index (χ1n) is 9.07. The SMILES string of the molecule is Cc1sc2ncnc(N3CCC(C(=O)NCC4CNC4)CC3)c2c1C.Cl. The van der Waals surface area contributed by atoms with Gasteiger partial charge in [0.2, 0.25) is 5.91 Å². The Kier molecular flexibility index (Phi) is 5.99. The predicted molar refractivity (Wildman–Crippen MR) is 108 cm³/mol. The lowest BCUT2D eigenvalue weighted by atomic mass is 9.95. The van der Waals surface area contributed by atoms with E-state index in [0.717, 1.165) is 56.2 Å². The Hall–Kier alpha value is -1.44. The number of aryl methyl sites for hydroxylation is 2. The number of carbonyl (C=O) groups is 1. The Morgan fingerprint density at radius 3 is 2.69 bits per heavy atom. The maximum atomic E-state index is 12.4. The molecule has 2 fully saturated rings. The second kappa shape index (κ2) is 8.06. The van der Waals surface area contributed by atoms with Crippen molar-refractivity contribution in [2.75, 3.05) is 37.6 Å². The van der Waals surface area contributed by atoms with E-state index >= 15 is 0 Å². The largest absolute Gasteiger partial charge is 0.356 e. The van der Waals surface area contributed by atoms with Crippen molar-refractivity contribution in [1.82, 2.24) is 20.6 Å². The van der Waals surface area contributed by atoms with Gasteiger partial charge in [-0.05, 0) is 32.3 Å². The lowest BCUT2D eigenvalue weighted by Gasteiger charge is -2.33. The van der Waals surface area contributed by atoms with Crippen molar-refractivity contribution in [2.24, 2.45) is 11.8 Å². The van der Waals surface area contributed by atoms with E-state index in [-0.39, 0.29) is 24.2 Å². The molecule has 0 unspecified atom stereocenters. The summed E-state index contributed by atoms with van der Waals surface area (Å²) in [5.41, 5.74) is 1.28. The molecule has 2 aliphatic heterocycles. The molecule has 0 atom stereocenters. The Morgan fingerprint density at radius 1 is 1.31 bits per heavy atom. The van der Waals surface area contributed by atoms with E-state index in [1.807, 2.05) is 0 Å². The van der Waals surface area contributed by atoms with Crippen LogP contribution in [0, 0.1) is 25.7 Å². The maximum Gasteiger partial charge on any atom is 0.223 e. The van der Waals surface area contributed by atoms with Gasteiger partial charge >= 0.3 is 0 Å². The zero-order chi connectivity index (χ0) is 17.4. The van der Waals surface area contributed by atoms with Crippen molar-refractivity contribution in [3.05, 3.63) is 16.8 Å². The Balaban J connectivity index is 0.00000196. The minimum Gasteiger partial charge on any atom is -0.356 e. The summed E-state index contributed by atoms with van der Waals surface area (Å²) in [6.07, 6.45) is 3.45. The summed E-state index contributed by atoms with van der Waals surface area (Å²) in [6.45, 7) is 8.92. The number of fused-ring (bicyclic) bond motifs is 1. The highest BCUT2D eigenvalue weighted by Crippen LogP contribution is 2.35. The average molecular weight is 396 g/mol. The molecule has 2 saturated heterocycles. The molecule has 2 aromatic heterocycles. The van der Waals surface area contributed by atoms with Gasteiger partial charge in [-0.25, -0.2) is 9.97 Å². The van der Waals surface area contributed by atoms with Crippen molar-refractivity contribution in [3.63, 3.8) is 0 Å². The number of aromatic nitrogens is 2. The van der Waals surface area contributed by atoms with Crippen LogP contribution in [0.4, 0.5) is 5.82 Å². The topological polar surface area (TPSA) is 70.2 Å². The van der Waals surface area contributed by atoms with Gasteiger partial charge < -0.3 is 15.5 Å². The third-order valence-corrected chi connectivity index (χ3v) is 6.66.